The molecule has 3 nitrogen and oxygen atoms in total. The Labute approximate surface area is 256 Å². The molecular formula is C35H50F3NO2S. The van der Waals surface area contributed by atoms with Crippen LogP contribution in [0.25, 0.3) is 0 Å². The summed E-state index contributed by atoms with van der Waals surface area (Å²) in [6.07, 6.45) is 4.96. The van der Waals surface area contributed by atoms with Crippen LogP contribution in [-0.2, 0) is 28.4 Å². The van der Waals surface area contributed by atoms with Crippen LogP contribution in [0.3, 0.4) is 0 Å². The molecule has 0 bridgehead atoms. The maximum atomic E-state index is 13.2. The van der Waals surface area contributed by atoms with Gasteiger partial charge in [-0.05, 0) is 78.9 Å². The number of thiol groups is 1. The van der Waals surface area contributed by atoms with E-state index in [1.807, 2.05) is 0 Å². The lowest BCUT2D eigenvalue weighted by molar-refractivity contribution is -0.137. The van der Waals surface area contributed by atoms with E-state index in [2.05, 4.69) is 61.1 Å². The summed E-state index contributed by atoms with van der Waals surface area (Å²) in [5.74, 6) is 0. The van der Waals surface area contributed by atoms with E-state index in [9.17, 15) is 18.3 Å². The van der Waals surface area contributed by atoms with Crippen LogP contribution in [0.5, 0.6) is 0 Å². The molecule has 1 spiro atoms. The molecule has 2 saturated carbocycles. The highest BCUT2D eigenvalue weighted by atomic mass is 32.1. The minimum absolute atomic E-state index is 0.0372. The predicted octanol–water partition coefficient (Wildman–Crippen LogP) is 10.0. The lowest BCUT2D eigenvalue weighted by Crippen LogP contribution is -2.32. The fraction of sp³-hybridized carbons (Fsp3) is 0.686. The summed E-state index contributed by atoms with van der Waals surface area (Å²) in [5.41, 5.74) is 5.18. The van der Waals surface area contributed by atoms with Gasteiger partial charge in [-0.2, -0.15) is 25.8 Å². The molecule has 2 unspecified atom stereocenters. The summed E-state index contributed by atoms with van der Waals surface area (Å²) in [5, 5.41) is 11.4. The third-order valence-electron chi connectivity index (χ3n) is 9.72. The van der Waals surface area contributed by atoms with Crippen LogP contribution < -0.4 is 0 Å². The number of ether oxygens (including phenoxy) is 1. The molecule has 42 heavy (non-hydrogen) atoms. The Morgan fingerprint density at radius 3 is 1.98 bits per heavy atom. The third kappa shape index (κ3) is 6.58. The lowest BCUT2D eigenvalue weighted by Gasteiger charge is -2.38. The van der Waals surface area contributed by atoms with Crippen molar-refractivity contribution in [3.05, 3.63) is 63.5 Å². The number of hydrogen-bond donors (Lipinski definition) is 2. The Kier molecular flexibility index (Phi) is 9.31. The molecule has 7 heteroatoms. The summed E-state index contributed by atoms with van der Waals surface area (Å²) in [6.45, 7) is 15.5. The van der Waals surface area contributed by atoms with Crippen molar-refractivity contribution in [3.63, 3.8) is 0 Å². The monoisotopic (exact) mass is 605 g/mol. The van der Waals surface area contributed by atoms with Gasteiger partial charge in [-0.3, -0.25) is 4.98 Å². The highest BCUT2D eigenvalue weighted by Crippen LogP contribution is 2.62. The predicted molar refractivity (Wildman–Crippen MR) is 167 cm³/mol. The van der Waals surface area contributed by atoms with E-state index in [1.54, 1.807) is 18.4 Å². The smallest absolute Gasteiger partial charge is 0.388 e. The number of halogens is 3. The minimum atomic E-state index is -4.37. The number of aromatic nitrogens is 1. The van der Waals surface area contributed by atoms with Crippen molar-refractivity contribution in [2.45, 2.75) is 136 Å². The Balaban J connectivity index is 0.000000453. The molecule has 0 radical (unpaired) electrons. The van der Waals surface area contributed by atoms with Crippen molar-refractivity contribution in [1.82, 2.24) is 4.98 Å². The van der Waals surface area contributed by atoms with E-state index in [0.29, 0.717) is 11.8 Å². The second-order valence-electron chi connectivity index (χ2n) is 15.0. The van der Waals surface area contributed by atoms with Crippen LogP contribution in [-0.4, -0.2) is 16.3 Å². The number of hydrogen-bond acceptors (Lipinski definition) is 4. The number of fused-ring (bicyclic) bond motifs is 4. The molecule has 3 aliphatic carbocycles. The SMILES string of the molecule is CC1(C)Cc2nc(C3(C)CC3)c3c(c2C(O)C1)C1(CCCC1)OC3c1ccc(C(F)(F)F)cc1.CCC(C)(C)C.CS. The molecule has 1 aromatic carbocycles. The fourth-order valence-corrected chi connectivity index (χ4v) is 6.68. The van der Waals surface area contributed by atoms with Crippen LogP contribution in [0, 0.1) is 10.8 Å². The van der Waals surface area contributed by atoms with Gasteiger partial charge in [0.2, 0.25) is 0 Å². The van der Waals surface area contributed by atoms with Crippen molar-refractivity contribution < 1.29 is 23.0 Å². The molecule has 2 fully saturated rings. The van der Waals surface area contributed by atoms with E-state index >= 15 is 0 Å². The van der Waals surface area contributed by atoms with Gasteiger partial charge in [0.25, 0.3) is 0 Å². The number of rotatable bonds is 2. The summed E-state index contributed by atoms with van der Waals surface area (Å²) >= 11 is 3.53. The Bertz CT molecular complexity index is 1250. The molecule has 2 atom stereocenters. The van der Waals surface area contributed by atoms with E-state index in [4.69, 9.17) is 9.72 Å². The number of alkyl halides is 3. The normalized spacial score (nSPS) is 24.6. The van der Waals surface area contributed by atoms with Gasteiger partial charge in [0.15, 0.2) is 0 Å². The van der Waals surface area contributed by atoms with Gasteiger partial charge in [0.05, 0.1) is 23.0 Å². The molecule has 2 heterocycles. The second kappa shape index (κ2) is 11.7. The third-order valence-corrected chi connectivity index (χ3v) is 9.72. The van der Waals surface area contributed by atoms with Crippen LogP contribution in [0.2, 0.25) is 0 Å². The highest BCUT2D eigenvalue weighted by Gasteiger charge is 2.55. The first-order valence-electron chi connectivity index (χ1n) is 15.5. The minimum Gasteiger partial charge on any atom is -0.388 e. The van der Waals surface area contributed by atoms with E-state index < -0.39 is 29.5 Å². The molecule has 0 saturated heterocycles. The van der Waals surface area contributed by atoms with Gasteiger partial charge in [-0.25, -0.2) is 0 Å². The molecule has 1 aliphatic heterocycles. The van der Waals surface area contributed by atoms with Crippen LogP contribution >= 0.6 is 12.6 Å². The molecule has 4 aliphatic rings. The van der Waals surface area contributed by atoms with Gasteiger partial charge < -0.3 is 9.84 Å². The maximum Gasteiger partial charge on any atom is 0.416 e. The van der Waals surface area contributed by atoms with E-state index in [0.717, 1.165) is 90.7 Å². The van der Waals surface area contributed by atoms with Gasteiger partial charge >= 0.3 is 6.18 Å². The zero-order chi connectivity index (χ0) is 31.3. The van der Waals surface area contributed by atoms with Crippen LogP contribution in [0.1, 0.15) is 151 Å². The number of benzene rings is 1. The van der Waals surface area contributed by atoms with E-state index in [1.165, 1.54) is 6.42 Å². The number of nitrogens with zero attached hydrogens (tertiary/aromatic N) is 1. The van der Waals surface area contributed by atoms with Crippen LogP contribution in [0.15, 0.2) is 24.3 Å². The molecule has 1 N–H and O–H groups in total. The molecule has 6 rings (SSSR count). The van der Waals surface area contributed by atoms with Gasteiger partial charge in [0.1, 0.15) is 6.10 Å². The van der Waals surface area contributed by atoms with Crippen molar-refractivity contribution in [2.24, 2.45) is 10.8 Å². The van der Waals surface area contributed by atoms with Crippen LogP contribution in [0.4, 0.5) is 13.2 Å². The first-order valence-corrected chi connectivity index (χ1v) is 16.4. The zero-order valence-corrected chi connectivity index (χ0v) is 27.6. The van der Waals surface area contributed by atoms with Gasteiger partial charge in [-0.1, -0.05) is 79.9 Å². The average Bonchev–Trinajstić information content (AvgIpc) is 3.35. The standard InChI is InChI=1S/C28H32F3NO2.C6H14.CH4S/c1-25(2)14-18-20(19(33)15-25)22-21(24(32-18)26(3)12-13-26)23(34-27(22)10-4-5-11-27)16-6-8-17(9-7-16)28(29,30)31;1-5-6(2,3)4;1-2/h6-9,19,23,33H,4-5,10-15H2,1-3H3;5H2,1-4H3;2H,1H3. The second-order valence-corrected chi connectivity index (χ2v) is 15.0. The number of pyridine rings is 1. The van der Waals surface area contributed by atoms with Gasteiger partial charge in [-0.15, -0.1) is 0 Å². The van der Waals surface area contributed by atoms with Crippen molar-refractivity contribution >= 4 is 12.6 Å². The fourth-order valence-electron chi connectivity index (χ4n) is 6.68. The first-order chi connectivity index (χ1) is 19.5. The number of aliphatic hydroxyl groups is 1. The van der Waals surface area contributed by atoms with Gasteiger partial charge in [0, 0.05) is 22.2 Å². The average molecular weight is 606 g/mol. The van der Waals surface area contributed by atoms with E-state index in [-0.39, 0.29) is 10.8 Å². The molecule has 234 valence electrons. The molecule has 0 amide bonds. The number of aliphatic hydroxyl groups excluding tert-OH is 1. The Hall–Kier alpha value is -1.57. The Morgan fingerprint density at radius 1 is 0.952 bits per heavy atom. The van der Waals surface area contributed by atoms with Crippen molar-refractivity contribution in [2.75, 3.05) is 6.26 Å². The molecule has 2 aromatic rings. The lowest BCUT2D eigenvalue weighted by atomic mass is 9.70. The summed E-state index contributed by atoms with van der Waals surface area (Å²) in [4.78, 5) is 5.23. The Morgan fingerprint density at radius 2 is 1.50 bits per heavy atom. The topological polar surface area (TPSA) is 42.4 Å². The summed E-state index contributed by atoms with van der Waals surface area (Å²) < 4.78 is 46.6. The summed E-state index contributed by atoms with van der Waals surface area (Å²) in [6, 6.07) is 5.42. The largest absolute Gasteiger partial charge is 0.416 e. The maximum absolute atomic E-state index is 13.2. The summed E-state index contributed by atoms with van der Waals surface area (Å²) in [7, 11) is 0. The quantitative estimate of drug-likeness (QED) is 0.335. The zero-order valence-electron chi connectivity index (χ0n) is 26.7. The molecule has 1 aromatic heterocycles. The highest BCUT2D eigenvalue weighted by molar-refractivity contribution is 7.79. The van der Waals surface area contributed by atoms with Crippen molar-refractivity contribution in [3.8, 4) is 0 Å². The van der Waals surface area contributed by atoms with Crippen molar-refractivity contribution in [1.29, 1.82) is 0 Å². The molecular weight excluding hydrogens is 555 g/mol. The first kappa shape index (κ1) is 33.3.